The monoisotopic (exact) mass is 371 g/mol. The van der Waals surface area contributed by atoms with Crippen LogP contribution in [0, 0.1) is 5.82 Å². The lowest BCUT2D eigenvalue weighted by molar-refractivity contribution is 0.241. The van der Waals surface area contributed by atoms with Crippen LogP contribution in [0.1, 0.15) is 19.4 Å². The third kappa shape index (κ3) is 4.61. The van der Waals surface area contributed by atoms with E-state index in [2.05, 4.69) is 21.2 Å². The highest BCUT2D eigenvalue weighted by atomic mass is 79.9. The zero-order valence-corrected chi connectivity index (χ0v) is 14.1. The third-order valence-electron chi connectivity index (χ3n) is 2.78. The van der Waals surface area contributed by atoms with Gasteiger partial charge in [0.2, 0.25) is 0 Å². The van der Waals surface area contributed by atoms with Crippen LogP contribution >= 0.6 is 27.5 Å². The van der Waals surface area contributed by atoms with Crippen LogP contribution in [0.25, 0.3) is 0 Å². The Bertz CT molecular complexity index is 634. The van der Waals surface area contributed by atoms with E-state index in [4.69, 9.17) is 16.3 Å². The average Bonchev–Trinajstić information content (AvgIpc) is 2.42. The van der Waals surface area contributed by atoms with E-state index in [0.29, 0.717) is 6.54 Å². The SMILES string of the molecule is CC(C)Oc1ccc(CNc2ccc(F)c(Cl)c2)cc1Br. The molecular formula is C16H16BrClFNO. The second-order valence-electron chi connectivity index (χ2n) is 4.91. The molecular weight excluding hydrogens is 357 g/mol. The highest BCUT2D eigenvalue weighted by Crippen LogP contribution is 2.27. The summed E-state index contributed by atoms with van der Waals surface area (Å²) in [6.45, 7) is 4.59. The van der Waals surface area contributed by atoms with Crippen LogP contribution in [0.15, 0.2) is 40.9 Å². The number of halogens is 3. The van der Waals surface area contributed by atoms with Gasteiger partial charge in [-0.05, 0) is 65.7 Å². The van der Waals surface area contributed by atoms with Crippen LogP contribution in [0.3, 0.4) is 0 Å². The van der Waals surface area contributed by atoms with Crippen LogP contribution in [-0.4, -0.2) is 6.10 Å². The lowest BCUT2D eigenvalue weighted by Gasteiger charge is -2.13. The van der Waals surface area contributed by atoms with Gasteiger partial charge in [0, 0.05) is 12.2 Å². The number of anilines is 1. The first-order valence-corrected chi connectivity index (χ1v) is 7.77. The van der Waals surface area contributed by atoms with Gasteiger partial charge in [-0.25, -0.2) is 4.39 Å². The van der Waals surface area contributed by atoms with Crippen molar-refractivity contribution in [3.63, 3.8) is 0 Å². The predicted octanol–water partition coefficient (Wildman–Crippen LogP) is 5.64. The molecule has 0 aliphatic heterocycles. The molecule has 112 valence electrons. The van der Waals surface area contributed by atoms with Crippen molar-refractivity contribution in [2.24, 2.45) is 0 Å². The fourth-order valence-electron chi connectivity index (χ4n) is 1.81. The van der Waals surface area contributed by atoms with Crippen molar-refractivity contribution in [2.45, 2.75) is 26.5 Å². The fourth-order valence-corrected chi connectivity index (χ4v) is 2.51. The summed E-state index contributed by atoms with van der Waals surface area (Å²) in [7, 11) is 0. The molecule has 5 heteroatoms. The van der Waals surface area contributed by atoms with Crippen molar-refractivity contribution in [3.8, 4) is 5.75 Å². The maximum atomic E-state index is 13.1. The molecule has 0 saturated heterocycles. The lowest BCUT2D eigenvalue weighted by Crippen LogP contribution is -2.06. The maximum Gasteiger partial charge on any atom is 0.141 e. The van der Waals surface area contributed by atoms with Crippen molar-refractivity contribution in [1.29, 1.82) is 0 Å². The van der Waals surface area contributed by atoms with Gasteiger partial charge in [-0.1, -0.05) is 17.7 Å². The van der Waals surface area contributed by atoms with E-state index in [1.54, 1.807) is 12.1 Å². The molecule has 0 aromatic heterocycles. The molecule has 0 bridgehead atoms. The molecule has 0 radical (unpaired) electrons. The van der Waals surface area contributed by atoms with Crippen molar-refractivity contribution < 1.29 is 9.13 Å². The number of ether oxygens (including phenoxy) is 1. The number of hydrogen-bond donors (Lipinski definition) is 1. The Balaban J connectivity index is 2.03. The van der Waals surface area contributed by atoms with E-state index in [-0.39, 0.29) is 11.1 Å². The molecule has 1 N–H and O–H groups in total. The average molecular weight is 373 g/mol. The normalized spacial score (nSPS) is 10.8. The molecule has 0 aliphatic rings. The van der Waals surface area contributed by atoms with Crippen LogP contribution in [0.2, 0.25) is 5.02 Å². The van der Waals surface area contributed by atoms with Gasteiger partial charge in [0.25, 0.3) is 0 Å². The van der Waals surface area contributed by atoms with E-state index in [1.165, 1.54) is 6.07 Å². The molecule has 0 heterocycles. The van der Waals surface area contributed by atoms with E-state index in [9.17, 15) is 4.39 Å². The lowest BCUT2D eigenvalue weighted by atomic mass is 10.2. The van der Waals surface area contributed by atoms with Gasteiger partial charge < -0.3 is 10.1 Å². The second kappa shape index (κ2) is 7.14. The zero-order valence-electron chi connectivity index (χ0n) is 11.8. The minimum atomic E-state index is -0.417. The largest absolute Gasteiger partial charge is 0.490 e. The summed E-state index contributed by atoms with van der Waals surface area (Å²) >= 11 is 9.25. The summed E-state index contributed by atoms with van der Waals surface area (Å²) in [6, 6.07) is 10.5. The van der Waals surface area contributed by atoms with Crippen LogP contribution in [-0.2, 0) is 6.54 Å². The Morgan fingerprint density at radius 1 is 1.24 bits per heavy atom. The van der Waals surface area contributed by atoms with Gasteiger partial charge in [-0.15, -0.1) is 0 Å². The standard InChI is InChI=1S/C16H16BrClFNO/c1-10(2)21-16-6-3-11(7-13(16)17)9-20-12-4-5-15(19)14(18)8-12/h3-8,10,20H,9H2,1-2H3. The summed E-state index contributed by atoms with van der Waals surface area (Å²) < 4.78 is 19.7. The highest BCUT2D eigenvalue weighted by molar-refractivity contribution is 9.10. The molecule has 0 fully saturated rings. The molecule has 2 rings (SSSR count). The molecule has 2 aromatic rings. The van der Waals surface area contributed by atoms with Gasteiger partial charge >= 0.3 is 0 Å². The summed E-state index contributed by atoms with van der Waals surface area (Å²) in [5.74, 6) is 0.402. The summed E-state index contributed by atoms with van der Waals surface area (Å²) in [4.78, 5) is 0. The second-order valence-corrected chi connectivity index (χ2v) is 6.18. The molecule has 21 heavy (non-hydrogen) atoms. The van der Waals surface area contributed by atoms with Gasteiger partial charge in [0.1, 0.15) is 11.6 Å². The van der Waals surface area contributed by atoms with E-state index in [0.717, 1.165) is 21.5 Å². The van der Waals surface area contributed by atoms with Crippen molar-refractivity contribution >= 4 is 33.2 Å². The van der Waals surface area contributed by atoms with Gasteiger partial charge in [-0.3, -0.25) is 0 Å². The van der Waals surface area contributed by atoms with Crippen LogP contribution in [0.4, 0.5) is 10.1 Å². The molecule has 0 saturated carbocycles. The van der Waals surface area contributed by atoms with Crippen LogP contribution < -0.4 is 10.1 Å². The molecule has 2 nitrogen and oxygen atoms in total. The number of benzene rings is 2. The van der Waals surface area contributed by atoms with E-state index < -0.39 is 5.82 Å². The first-order valence-electron chi connectivity index (χ1n) is 6.59. The Labute approximate surface area is 137 Å². The quantitative estimate of drug-likeness (QED) is 0.733. The predicted molar refractivity (Wildman–Crippen MR) is 88.6 cm³/mol. The fraction of sp³-hybridized carbons (Fsp3) is 0.250. The topological polar surface area (TPSA) is 21.3 Å². The Morgan fingerprint density at radius 2 is 2.00 bits per heavy atom. The zero-order chi connectivity index (χ0) is 15.4. The number of rotatable bonds is 5. The van der Waals surface area contributed by atoms with Gasteiger partial charge in [-0.2, -0.15) is 0 Å². The van der Waals surface area contributed by atoms with E-state index >= 15 is 0 Å². The molecule has 0 spiro atoms. The minimum Gasteiger partial charge on any atom is -0.490 e. The summed E-state index contributed by atoms with van der Waals surface area (Å²) in [5, 5.41) is 3.32. The van der Waals surface area contributed by atoms with Crippen molar-refractivity contribution in [2.75, 3.05) is 5.32 Å². The van der Waals surface area contributed by atoms with Crippen LogP contribution in [0.5, 0.6) is 5.75 Å². The Hall–Kier alpha value is -1.26. The molecule has 0 aliphatic carbocycles. The first-order chi connectivity index (χ1) is 9.95. The maximum absolute atomic E-state index is 13.1. The molecule has 2 aromatic carbocycles. The Kier molecular flexibility index (Phi) is 5.48. The van der Waals surface area contributed by atoms with Gasteiger partial charge in [0.15, 0.2) is 0 Å². The van der Waals surface area contributed by atoms with Crippen molar-refractivity contribution in [1.82, 2.24) is 0 Å². The molecule has 0 unspecified atom stereocenters. The van der Waals surface area contributed by atoms with Crippen molar-refractivity contribution in [3.05, 3.63) is 57.3 Å². The third-order valence-corrected chi connectivity index (χ3v) is 3.68. The van der Waals surface area contributed by atoms with Gasteiger partial charge in [0.05, 0.1) is 15.6 Å². The number of hydrogen-bond acceptors (Lipinski definition) is 2. The molecule has 0 amide bonds. The first kappa shape index (κ1) is 16.1. The van der Waals surface area contributed by atoms with E-state index in [1.807, 2.05) is 32.0 Å². The smallest absolute Gasteiger partial charge is 0.141 e. The summed E-state index contributed by atoms with van der Waals surface area (Å²) in [5.41, 5.74) is 1.86. The molecule has 0 atom stereocenters. The number of nitrogens with one attached hydrogen (secondary N) is 1. The Morgan fingerprint density at radius 3 is 2.62 bits per heavy atom. The highest BCUT2D eigenvalue weighted by Gasteiger charge is 2.05. The minimum absolute atomic E-state index is 0.113. The summed E-state index contributed by atoms with van der Waals surface area (Å²) in [6.07, 6.45) is 0.131.